The van der Waals surface area contributed by atoms with Crippen LogP contribution in [0.5, 0.6) is 11.5 Å². The molecule has 0 bridgehead atoms. The molecule has 1 aromatic heterocycles. The first-order chi connectivity index (χ1) is 9.60. The number of aromatic nitrogens is 1. The molecular weight excluding hydrogens is 264 g/mol. The summed E-state index contributed by atoms with van der Waals surface area (Å²) in [4.78, 5) is 14.0. The van der Waals surface area contributed by atoms with Gasteiger partial charge in [-0.3, -0.25) is 15.1 Å². The third kappa shape index (κ3) is 2.99. The molecular formula is C12H10N4O4. The molecule has 0 amide bonds. The highest BCUT2D eigenvalue weighted by Crippen LogP contribution is 2.25. The quantitative estimate of drug-likeness (QED) is 0.288. The Labute approximate surface area is 113 Å². The molecule has 0 atom stereocenters. The lowest BCUT2D eigenvalue weighted by Crippen LogP contribution is -2.14. The summed E-state index contributed by atoms with van der Waals surface area (Å²) in [5, 5.41) is 22.1. The molecule has 0 unspecified atom stereocenters. The zero-order chi connectivity index (χ0) is 14.5. The van der Waals surface area contributed by atoms with Crippen molar-refractivity contribution in [1.82, 2.24) is 4.98 Å². The SMILES string of the molecule is NC(=NO)c1cc(Oc2cccc([N+](=O)[O-])c2)ccn1. The van der Waals surface area contributed by atoms with Gasteiger partial charge in [-0.15, -0.1) is 0 Å². The minimum absolute atomic E-state index is 0.0757. The number of oxime groups is 1. The second-order valence-corrected chi connectivity index (χ2v) is 3.72. The number of hydrogen-bond donors (Lipinski definition) is 2. The van der Waals surface area contributed by atoms with Gasteiger partial charge in [-0.25, -0.2) is 0 Å². The lowest BCUT2D eigenvalue weighted by molar-refractivity contribution is -0.384. The van der Waals surface area contributed by atoms with E-state index in [1.165, 1.54) is 30.5 Å². The first kappa shape index (κ1) is 13.3. The number of non-ortho nitro benzene ring substituents is 1. The Morgan fingerprint density at radius 2 is 2.10 bits per heavy atom. The molecule has 1 aromatic carbocycles. The van der Waals surface area contributed by atoms with Gasteiger partial charge in [0.1, 0.15) is 17.2 Å². The van der Waals surface area contributed by atoms with Crippen LogP contribution in [0.25, 0.3) is 0 Å². The first-order valence-electron chi connectivity index (χ1n) is 5.46. The Kier molecular flexibility index (Phi) is 3.75. The van der Waals surface area contributed by atoms with Gasteiger partial charge in [0.2, 0.25) is 0 Å². The molecule has 102 valence electrons. The van der Waals surface area contributed by atoms with Gasteiger partial charge in [0.15, 0.2) is 5.84 Å². The molecule has 8 heteroatoms. The Bertz CT molecular complexity index is 672. The van der Waals surface area contributed by atoms with Gasteiger partial charge in [-0.2, -0.15) is 0 Å². The van der Waals surface area contributed by atoms with Crippen LogP contribution in [0, 0.1) is 10.1 Å². The first-order valence-corrected chi connectivity index (χ1v) is 5.46. The van der Waals surface area contributed by atoms with Gasteiger partial charge in [0, 0.05) is 18.3 Å². The zero-order valence-corrected chi connectivity index (χ0v) is 10.1. The molecule has 0 saturated heterocycles. The van der Waals surface area contributed by atoms with Crippen LogP contribution in [0.3, 0.4) is 0 Å². The van der Waals surface area contributed by atoms with Gasteiger partial charge in [-0.1, -0.05) is 11.2 Å². The highest BCUT2D eigenvalue weighted by atomic mass is 16.6. The number of nitro benzene ring substituents is 1. The molecule has 2 aromatic rings. The summed E-state index contributed by atoms with van der Waals surface area (Å²) in [6.07, 6.45) is 1.42. The number of nitrogens with two attached hydrogens (primary N) is 1. The highest BCUT2D eigenvalue weighted by molar-refractivity contribution is 5.95. The highest BCUT2D eigenvalue weighted by Gasteiger charge is 2.08. The number of hydrogen-bond acceptors (Lipinski definition) is 6. The van der Waals surface area contributed by atoms with E-state index in [0.717, 1.165) is 0 Å². The number of benzene rings is 1. The maximum absolute atomic E-state index is 10.7. The van der Waals surface area contributed by atoms with Crippen LogP contribution in [-0.4, -0.2) is 21.0 Å². The average Bonchev–Trinajstić information content (AvgIpc) is 2.47. The lowest BCUT2D eigenvalue weighted by Gasteiger charge is -2.06. The monoisotopic (exact) mass is 274 g/mol. The van der Waals surface area contributed by atoms with Gasteiger partial charge < -0.3 is 15.7 Å². The van der Waals surface area contributed by atoms with Crippen molar-refractivity contribution in [3.63, 3.8) is 0 Å². The summed E-state index contributed by atoms with van der Waals surface area (Å²) in [7, 11) is 0. The van der Waals surface area contributed by atoms with Crippen molar-refractivity contribution < 1.29 is 14.9 Å². The van der Waals surface area contributed by atoms with Crippen molar-refractivity contribution >= 4 is 11.5 Å². The van der Waals surface area contributed by atoms with E-state index in [-0.39, 0.29) is 17.2 Å². The molecule has 3 N–H and O–H groups in total. The maximum Gasteiger partial charge on any atom is 0.273 e. The van der Waals surface area contributed by atoms with Gasteiger partial charge >= 0.3 is 0 Å². The van der Waals surface area contributed by atoms with Crippen LogP contribution in [0.2, 0.25) is 0 Å². The van der Waals surface area contributed by atoms with Crippen LogP contribution in [0.1, 0.15) is 5.69 Å². The number of amidine groups is 1. The molecule has 0 saturated carbocycles. The maximum atomic E-state index is 10.7. The van der Waals surface area contributed by atoms with Crippen LogP contribution in [0.15, 0.2) is 47.8 Å². The summed E-state index contributed by atoms with van der Waals surface area (Å²) in [6, 6.07) is 8.75. The third-order valence-electron chi connectivity index (χ3n) is 2.37. The van der Waals surface area contributed by atoms with E-state index < -0.39 is 4.92 Å². The predicted molar refractivity (Wildman–Crippen MR) is 69.9 cm³/mol. The molecule has 2 rings (SSSR count). The van der Waals surface area contributed by atoms with E-state index in [0.29, 0.717) is 11.5 Å². The molecule has 8 nitrogen and oxygen atoms in total. The minimum Gasteiger partial charge on any atom is -0.457 e. The van der Waals surface area contributed by atoms with Crippen LogP contribution in [0.4, 0.5) is 5.69 Å². The van der Waals surface area contributed by atoms with E-state index in [1.807, 2.05) is 0 Å². The van der Waals surface area contributed by atoms with E-state index in [4.69, 9.17) is 15.7 Å². The van der Waals surface area contributed by atoms with Crippen molar-refractivity contribution in [2.45, 2.75) is 0 Å². The smallest absolute Gasteiger partial charge is 0.273 e. The van der Waals surface area contributed by atoms with E-state index in [2.05, 4.69) is 10.1 Å². The van der Waals surface area contributed by atoms with Crippen molar-refractivity contribution in [3.05, 3.63) is 58.4 Å². The summed E-state index contributed by atoms with van der Waals surface area (Å²) in [5.41, 5.74) is 5.57. The molecule has 20 heavy (non-hydrogen) atoms. The Balaban J connectivity index is 2.26. The van der Waals surface area contributed by atoms with Gasteiger partial charge in [0.25, 0.3) is 5.69 Å². The minimum atomic E-state index is -0.513. The zero-order valence-electron chi connectivity index (χ0n) is 10.1. The molecule has 0 spiro atoms. The molecule has 0 aliphatic carbocycles. The standard InChI is InChI=1S/C12H10N4O4/c13-12(15-17)11-7-10(4-5-14-11)20-9-3-1-2-8(6-9)16(18)19/h1-7,17H,(H2,13,15). The fraction of sp³-hybridized carbons (Fsp3) is 0. The van der Waals surface area contributed by atoms with Crippen molar-refractivity contribution in [1.29, 1.82) is 0 Å². The Hall–Kier alpha value is -3.16. The Morgan fingerprint density at radius 1 is 1.35 bits per heavy atom. The molecule has 0 radical (unpaired) electrons. The van der Waals surface area contributed by atoms with Gasteiger partial charge in [-0.05, 0) is 12.1 Å². The Morgan fingerprint density at radius 3 is 2.80 bits per heavy atom. The van der Waals surface area contributed by atoms with Crippen molar-refractivity contribution in [2.24, 2.45) is 10.9 Å². The van der Waals surface area contributed by atoms with E-state index >= 15 is 0 Å². The summed E-state index contributed by atoms with van der Waals surface area (Å²) < 4.78 is 5.47. The fourth-order valence-electron chi connectivity index (χ4n) is 1.46. The molecule has 0 aliphatic heterocycles. The number of nitrogens with zero attached hydrogens (tertiary/aromatic N) is 3. The summed E-state index contributed by atoms with van der Waals surface area (Å²) in [5.74, 6) is 0.507. The number of rotatable bonds is 4. The van der Waals surface area contributed by atoms with Crippen molar-refractivity contribution in [3.8, 4) is 11.5 Å². The number of ether oxygens (including phenoxy) is 1. The largest absolute Gasteiger partial charge is 0.457 e. The normalized spacial score (nSPS) is 11.1. The molecule has 0 fully saturated rings. The van der Waals surface area contributed by atoms with Gasteiger partial charge in [0.05, 0.1) is 11.0 Å². The topological polar surface area (TPSA) is 124 Å². The van der Waals surface area contributed by atoms with E-state index in [1.54, 1.807) is 12.1 Å². The van der Waals surface area contributed by atoms with Crippen LogP contribution in [-0.2, 0) is 0 Å². The second kappa shape index (κ2) is 5.65. The summed E-state index contributed by atoms with van der Waals surface area (Å²) in [6.45, 7) is 0. The van der Waals surface area contributed by atoms with Crippen LogP contribution >= 0.6 is 0 Å². The van der Waals surface area contributed by atoms with Crippen molar-refractivity contribution in [2.75, 3.05) is 0 Å². The second-order valence-electron chi connectivity index (χ2n) is 3.72. The summed E-state index contributed by atoms with van der Waals surface area (Å²) >= 11 is 0. The number of nitro groups is 1. The molecule has 1 heterocycles. The molecule has 0 aliphatic rings. The predicted octanol–water partition coefficient (Wildman–Crippen LogP) is 1.88. The number of pyridine rings is 1. The fourth-order valence-corrected chi connectivity index (χ4v) is 1.46. The van der Waals surface area contributed by atoms with Crippen LogP contribution < -0.4 is 10.5 Å². The average molecular weight is 274 g/mol. The van der Waals surface area contributed by atoms with E-state index in [9.17, 15) is 10.1 Å². The lowest BCUT2D eigenvalue weighted by atomic mass is 10.3. The third-order valence-corrected chi connectivity index (χ3v) is 2.37.